The van der Waals surface area contributed by atoms with E-state index >= 15 is 0 Å². The zero-order valence-electron chi connectivity index (χ0n) is 23.1. The van der Waals surface area contributed by atoms with Crippen molar-refractivity contribution in [1.82, 2.24) is 24.6 Å². The number of nitriles is 1. The second kappa shape index (κ2) is 12.0. The highest BCUT2D eigenvalue weighted by atomic mass is 31.2. The molecule has 3 heterocycles. The number of aromatic nitrogens is 4. The third-order valence-corrected chi connectivity index (χ3v) is 8.21. The highest BCUT2D eigenvalue weighted by Gasteiger charge is 2.56. The van der Waals surface area contributed by atoms with Crippen LogP contribution in [0, 0.1) is 22.7 Å². The average Bonchev–Trinajstić information content (AvgIpc) is 3.48. The average molecular weight is 590 g/mol. The molecular weight excluding hydrogens is 557 g/mol. The Morgan fingerprint density at radius 3 is 2.63 bits per heavy atom. The molecule has 0 radical (unpaired) electrons. The predicted octanol–water partition coefficient (Wildman–Crippen LogP) is 2.20. The Labute approximate surface area is 236 Å². The first-order valence-electron chi connectivity index (χ1n) is 12.6. The van der Waals surface area contributed by atoms with Crippen LogP contribution in [0.1, 0.15) is 27.0 Å². The molecule has 0 aliphatic carbocycles. The third kappa shape index (κ3) is 5.97. The predicted molar refractivity (Wildman–Crippen MR) is 144 cm³/mol. The summed E-state index contributed by atoms with van der Waals surface area (Å²) in [4.78, 5) is 24.9. The maximum absolute atomic E-state index is 14.0. The van der Waals surface area contributed by atoms with Gasteiger partial charge in [-0.2, -0.15) is 20.3 Å². The van der Waals surface area contributed by atoms with E-state index in [1.54, 1.807) is 44.2 Å². The Balaban J connectivity index is 1.63. The number of hydrogen-bond donors (Lipinski definition) is 3. The van der Waals surface area contributed by atoms with Gasteiger partial charge in [-0.05, 0) is 25.0 Å². The molecule has 3 aromatic rings. The van der Waals surface area contributed by atoms with Crippen LogP contribution in [0.4, 0.5) is 5.95 Å². The zero-order valence-corrected chi connectivity index (χ0v) is 24.0. The van der Waals surface area contributed by atoms with Gasteiger partial charge in [-0.25, -0.2) is 9.55 Å². The monoisotopic (exact) mass is 589 g/mol. The molecule has 4 N–H and O–H groups in total. The molecule has 0 amide bonds. The number of rotatable bonds is 11. The number of anilines is 1. The number of benzene rings is 1. The van der Waals surface area contributed by atoms with E-state index in [0.717, 1.165) is 0 Å². The van der Waals surface area contributed by atoms with E-state index in [-0.39, 0.29) is 34.7 Å². The summed E-state index contributed by atoms with van der Waals surface area (Å²) in [5.74, 6) is -0.778. The summed E-state index contributed by atoms with van der Waals surface area (Å²) in [5.41, 5.74) is 4.79. The lowest BCUT2D eigenvalue weighted by Crippen LogP contribution is -2.42. The summed E-state index contributed by atoms with van der Waals surface area (Å²) in [6.45, 7) is 4.48. The van der Waals surface area contributed by atoms with Crippen LogP contribution in [-0.2, 0) is 23.4 Å². The van der Waals surface area contributed by atoms with E-state index in [0.29, 0.717) is 0 Å². The maximum Gasteiger partial charge on any atom is 0.459 e. The van der Waals surface area contributed by atoms with Crippen molar-refractivity contribution in [2.75, 3.05) is 26.6 Å². The van der Waals surface area contributed by atoms with E-state index < -0.39 is 50.2 Å². The number of ether oxygens (including phenoxy) is 3. The van der Waals surface area contributed by atoms with E-state index in [2.05, 4.69) is 26.1 Å². The van der Waals surface area contributed by atoms with Gasteiger partial charge in [0, 0.05) is 0 Å². The molecule has 6 atom stereocenters. The first-order chi connectivity index (χ1) is 19.5. The number of nitrogens with two attached hydrogens (primary N) is 1. The van der Waals surface area contributed by atoms with Gasteiger partial charge in [-0.1, -0.05) is 32.0 Å². The molecule has 1 unspecified atom stereocenters. The number of nitrogen functional groups attached to an aromatic ring is 1. The topological polar surface area (TPSA) is 206 Å². The van der Waals surface area contributed by atoms with Crippen LogP contribution in [0.15, 0.2) is 36.7 Å². The van der Waals surface area contributed by atoms with Gasteiger partial charge in [0.15, 0.2) is 17.4 Å². The molecule has 220 valence electrons. The van der Waals surface area contributed by atoms with E-state index in [1.165, 1.54) is 32.0 Å². The van der Waals surface area contributed by atoms with Crippen molar-refractivity contribution in [1.29, 1.82) is 5.26 Å². The highest BCUT2D eigenvalue weighted by molar-refractivity contribution is 7.52. The van der Waals surface area contributed by atoms with Crippen LogP contribution in [0.2, 0.25) is 0 Å². The molecule has 1 aliphatic heterocycles. The summed E-state index contributed by atoms with van der Waals surface area (Å²) >= 11 is 0. The number of aliphatic hydroxyl groups is 1. The largest absolute Gasteiger partial charge is 0.479 e. The lowest BCUT2D eigenvalue weighted by molar-refractivity contribution is -0.143. The number of aliphatic hydroxyl groups excluding tert-OH is 1. The van der Waals surface area contributed by atoms with Crippen LogP contribution in [0.3, 0.4) is 0 Å². The Bertz CT molecular complexity index is 1480. The third-order valence-electron chi connectivity index (χ3n) is 6.67. The summed E-state index contributed by atoms with van der Waals surface area (Å²) in [7, 11) is -1.67. The number of fused-ring (bicyclic) bond motifs is 1. The minimum atomic E-state index is -4.28. The van der Waals surface area contributed by atoms with Gasteiger partial charge < -0.3 is 29.6 Å². The smallest absolute Gasteiger partial charge is 0.459 e. The molecule has 1 fully saturated rings. The molecule has 1 aliphatic rings. The van der Waals surface area contributed by atoms with Crippen LogP contribution in [0.25, 0.3) is 11.2 Å². The Morgan fingerprint density at radius 1 is 1.32 bits per heavy atom. The van der Waals surface area contributed by atoms with Gasteiger partial charge in [0.25, 0.3) is 0 Å². The Morgan fingerprint density at radius 2 is 2.02 bits per heavy atom. The van der Waals surface area contributed by atoms with Gasteiger partial charge in [0.2, 0.25) is 11.8 Å². The van der Waals surface area contributed by atoms with Crippen molar-refractivity contribution in [2.45, 2.75) is 45.2 Å². The quantitative estimate of drug-likeness (QED) is 0.217. The first kappa shape index (κ1) is 30.2. The number of hydrogen-bond acceptors (Lipinski definition) is 13. The molecule has 0 bridgehead atoms. The van der Waals surface area contributed by atoms with Crippen LogP contribution in [-0.4, -0.2) is 69.7 Å². The number of carbonyl (C=O) groups excluding carboxylic acids is 1. The number of methoxy groups -OCH3 is 2. The van der Waals surface area contributed by atoms with Crippen LogP contribution in [0.5, 0.6) is 11.6 Å². The van der Waals surface area contributed by atoms with Crippen molar-refractivity contribution in [3.63, 3.8) is 0 Å². The number of esters is 1. The van der Waals surface area contributed by atoms with E-state index in [9.17, 15) is 19.7 Å². The number of nitrogens with zero attached hydrogens (tertiary/aromatic N) is 5. The summed E-state index contributed by atoms with van der Waals surface area (Å²) in [6.07, 6.45) is -2.32. The highest BCUT2D eigenvalue weighted by Crippen LogP contribution is 2.50. The Kier molecular flexibility index (Phi) is 8.81. The fourth-order valence-electron chi connectivity index (χ4n) is 4.39. The van der Waals surface area contributed by atoms with Gasteiger partial charge in [-0.3, -0.25) is 13.9 Å². The first-order valence-corrected chi connectivity index (χ1v) is 14.1. The molecule has 1 saturated heterocycles. The van der Waals surface area contributed by atoms with Crippen molar-refractivity contribution in [3.8, 4) is 17.7 Å². The van der Waals surface area contributed by atoms with Crippen LogP contribution >= 0.6 is 7.75 Å². The van der Waals surface area contributed by atoms with Crippen molar-refractivity contribution in [3.05, 3.63) is 36.7 Å². The molecular formula is C25H32N7O8P. The SMILES string of the molecule is COC(=O)[C@H](NP(=O)(OC[C@H]1O[C@@H](n2cnc3c(OC)nc(N)nc32)[C@](C)(C#N)[C@@H]1O)Oc1ccccc1)C(C)C. The number of nitrogens with one attached hydrogen (secondary N) is 1. The van der Waals surface area contributed by atoms with E-state index in [4.69, 9.17) is 29.0 Å². The number of para-hydroxylation sites is 1. The fraction of sp³-hybridized carbons (Fsp3) is 0.480. The molecule has 0 spiro atoms. The summed E-state index contributed by atoms with van der Waals surface area (Å²) in [5, 5.41) is 24.0. The molecule has 16 heteroatoms. The number of carbonyl (C=O) groups is 1. The minimum Gasteiger partial charge on any atom is -0.479 e. The fourth-order valence-corrected chi connectivity index (χ4v) is 6.06. The molecule has 41 heavy (non-hydrogen) atoms. The van der Waals surface area contributed by atoms with Gasteiger partial charge in [-0.15, -0.1) is 0 Å². The minimum absolute atomic E-state index is 0.0939. The molecule has 15 nitrogen and oxygen atoms in total. The van der Waals surface area contributed by atoms with Gasteiger partial charge in [0.1, 0.15) is 29.4 Å². The molecule has 0 saturated carbocycles. The second-order valence-electron chi connectivity index (χ2n) is 9.85. The molecule has 1 aromatic carbocycles. The lowest BCUT2D eigenvalue weighted by atomic mass is 9.84. The van der Waals surface area contributed by atoms with Crippen molar-refractivity contribution in [2.24, 2.45) is 11.3 Å². The Hall–Kier alpha value is -3.80. The van der Waals surface area contributed by atoms with Crippen LogP contribution < -0.4 is 20.1 Å². The zero-order chi connectivity index (χ0) is 29.9. The standard InChI is InChI=1S/C25H32N7O8P/c1-14(2)17(22(34)37-5)31-41(35,40-15-9-7-6-8-10-15)38-11-16-19(33)25(3,12-26)23(39-16)32-13-28-18-20(32)29-24(27)30-21(18)36-4/h6-10,13-14,16-17,19,23,33H,11H2,1-5H3,(H,31,35)(H2,27,29,30)/t16-,17-,19-,23-,25-,41?/m1/s1. The summed E-state index contributed by atoms with van der Waals surface area (Å²) < 4.78 is 43.0. The molecule has 2 aromatic heterocycles. The van der Waals surface area contributed by atoms with Gasteiger partial charge in [0.05, 0.1) is 33.2 Å². The normalized spacial score (nSPS) is 24.5. The van der Waals surface area contributed by atoms with Gasteiger partial charge >= 0.3 is 13.7 Å². The maximum atomic E-state index is 14.0. The van der Waals surface area contributed by atoms with Crippen molar-refractivity contribution < 1.29 is 37.7 Å². The lowest BCUT2D eigenvalue weighted by Gasteiger charge is -2.27. The van der Waals surface area contributed by atoms with Crippen molar-refractivity contribution >= 4 is 30.8 Å². The van der Waals surface area contributed by atoms with E-state index in [1.807, 2.05) is 0 Å². The summed E-state index contributed by atoms with van der Waals surface area (Å²) in [6, 6.07) is 9.29. The molecule has 4 rings (SSSR count). The number of imidazole rings is 1. The second-order valence-corrected chi connectivity index (χ2v) is 11.5.